The molecule has 0 radical (unpaired) electrons. The number of nitrogens with zero attached hydrogens (tertiary/aromatic N) is 1. The minimum atomic E-state index is -0.116. The van der Waals surface area contributed by atoms with Gasteiger partial charge < -0.3 is 15.1 Å². The fraction of sp³-hybridized carbons (Fsp3) is 0.474. The fourth-order valence-electron chi connectivity index (χ4n) is 3.40. The highest BCUT2D eigenvalue weighted by molar-refractivity contribution is 5.98. The zero-order valence-corrected chi connectivity index (χ0v) is 14.6. The number of hydrogen-bond donors (Lipinski definition) is 2. The molecule has 1 fully saturated rings. The lowest BCUT2D eigenvalue weighted by molar-refractivity contribution is 0.0940. The van der Waals surface area contributed by atoms with Gasteiger partial charge in [0.05, 0.1) is 11.6 Å². The molecule has 2 heterocycles. The molecule has 0 bridgehead atoms. The number of rotatable bonds is 5. The molecule has 1 atom stereocenters. The van der Waals surface area contributed by atoms with Gasteiger partial charge in [-0.3, -0.25) is 4.79 Å². The van der Waals surface area contributed by atoms with Gasteiger partial charge in [0.15, 0.2) is 0 Å². The van der Waals surface area contributed by atoms with Crippen molar-refractivity contribution < 1.29 is 9.21 Å². The molecule has 0 aromatic carbocycles. The van der Waals surface area contributed by atoms with Gasteiger partial charge in [-0.15, -0.1) is 0 Å². The predicted molar refractivity (Wildman–Crippen MR) is 94.2 cm³/mol. The first-order valence-electron chi connectivity index (χ1n) is 8.64. The van der Waals surface area contributed by atoms with E-state index in [4.69, 9.17) is 4.42 Å². The molecule has 1 amide bonds. The van der Waals surface area contributed by atoms with E-state index in [-0.39, 0.29) is 11.9 Å². The quantitative estimate of drug-likeness (QED) is 0.866. The van der Waals surface area contributed by atoms with E-state index in [1.165, 1.54) is 12.8 Å². The number of amides is 1. The Morgan fingerprint density at radius 3 is 2.75 bits per heavy atom. The first-order valence-corrected chi connectivity index (χ1v) is 8.64. The highest BCUT2D eigenvalue weighted by atomic mass is 16.3. The Hall–Kier alpha value is -2.30. The van der Waals surface area contributed by atoms with Crippen LogP contribution in [0.25, 0.3) is 0 Å². The summed E-state index contributed by atoms with van der Waals surface area (Å²) in [5.41, 5.74) is 1.60. The summed E-state index contributed by atoms with van der Waals surface area (Å²) in [5, 5.41) is 6.48. The Labute approximate surface area is 142 Å². The predicted octanol–water partition coefficient (Wildman–Crippen LogP) is 4.14. The standard InChI is InChI=1S/C19H25N3O2/c1-12-11-17(14(3)24-12)13(2)21-19(23)16-9-6-10-20-18(16)22-15-7-4-5-8-15/h6,9-11,13,15H,4-5,7-8H2,1-3H3,(H,20,22)(H,21,23). The van der Waals surface area contributed by atoms with Gasteiger partial charge >= 0.3 is 0 Å². The van der Waals surface area contributed by atoms with Crippen LogP contribution in [0.2, 0.25) is 0 Å². The van der Waals surface area contributed by atoms with E-state index < -0.39 is 0 Å². The van der Waals surface area contributed by atoms with Gasteiger partial charge in [0.25, 0.3) is 5.91 Å². The fourth-order valence-corrected chi connectivity index (χ4v) is 3.40. The zero-order chi connectivity index (χ0) is 17.1. The van der Waals surface area contributed by atoms with Crippen molar-refractivity contribution in [2.24, 2.45) is 0 Å². The Morgan fingerprint density at radius 1 is 1.33 bits per heavy atom. The minimum Gasteiger partial charge on any atom is -0.466 e. The Morgan fingerprint density at radius 2 is 2.08 bits per heavy atom. The van der Waals surface area contributed by atoms with E-state index in [9.17, 15) is 4.79 Å². The summed E-state index contributed by atoms with van der Waals surface area (Å²) in [6, 6.07) is 5.89. The highest BCUT2D eigenvalue weighted by Gasteiger charge is 2.21. The molecule has 5 heteroatoms. The third-order valence-corrected chi connectivity index (χ3v) is 4.64. The molecule has 1 unspecified atom stereocenters. The molecule has 0 spiro atoms. The van der Waals surface area contributed by atoms with Crippen molar-refractivity contribution in [3.63, 3.8) is 0 Å². The molecule has 0 aliphatic heterocycles. The number of carbonyl (C=O) groups excluding carboxylic acids is 1. The Balaban J connectivity index is 1.73. The smallest absolute Gasteiger partial charge is 0.255 e. The van der Waals surface area contributed by atoms with Crippen LogP contribution in [0.4, 0.5) is 5.82 Å². The molecule has 3 rings (SSSR count). The maximum Gasteiger partial charge on any atom is 0.255 e. The van der Waals surface area contributed by atoms with E-state index in [0.29, 0.717) is 17.4 Å². The monoisotopic (exact) mass is 327 g/mol. The topological polar surface area (TPSA) is 67.2 Å². The normalized spacial score (nSPS) is 16.1. The van der Waals surface area contributed by atoms with Crippen molar-refractivity contribution >= 4 is 11.7 Å². The van der Waals surface area contributed by atoms with Gasteiger partial charge in [-0.1, -0.05) is 12.8 Å². The summed E-state index contributed by atoms with van der Waals surface area (Å²) in [4.78, 5) is 17.1. The van der Waals surface area contributed by atoms with Crippen LogP contribution in [-0.2, 0) is 0 Å². The van der Waals surface area contributed by atoms with Gasteiger partial charge in [0.1, 0.15) is 17.3 Å². The number of anilines is 1. The van der Waals surface area contributed by atoms with Crippen molar-refractivity contribution in [1.82, 2.24) is 10.3 Å². The van der Waals surface area contributed by atoms with E-state index in [1.807, 2.05) is 32.9 Å². The summed E-state index contributed by atoms with van der Waals surface area (Å²) in [6.45, 7) is 5.80. The third kappa shape index (κ3) is 3.61. The summed E-state index contributed by atoms with van der Waals surface area (Å²) in [5.74, 6) is 2.26. The van der Waals surface area contributed by atoms with Crippen LogP contribution in [0.5, 0.6) is 0 Å². The average molecular weight is 327 g/mol. The van der Waals surface area contributed by atoms with Crippen LogP contribution in [0, 0.1) is 13.8 Å². The van der Waals surface area contributed by atoms with Crippen molar-refractivity contribution in [1.29, 1.82) is 0 Å². The number of furan rings is 1. The van der Waals surface area contributed by atoms with Gasteiger partial charge in [-0.25, -0.2) is 4.98 Å². The maximum absolute atomic E-state index is 12.7. The summed E-state index contributed by atoms with van der Waals surface area (Å²) >= 11 is 0. The molecule has 2 aromatic heterocycles. The average Bonchev–Trinajstić information content (AvgIpc) is 3.17. The number of nitrogens with one attached hydrogen (secondary N) is 2. The molecule has 24 heavy (non-hydrogen) atoms. The van der Waals surface area contributed by atoms with Crippen molar-refractivity contribution in [3.05, 3.63) is 47.0 Å². The Kier molecular flexibility index (Phi) is 4.88. The van der Waals surface area contributed by atoms with Crippen LogP contribution in [0.1, 0.15) is 66.1 Å². The molecule has 2 aromatic rings. The lowest BCUT2D eigenvalue weighted by Gasteiger charge is -2.17. The maximum atomic E-state index is 12.7. The largest absolute Gasteiger partial charge is 0.466 e. The van der Waals surface area contributed by atoms with Crippen LogP contribution in [0.15, 0.2) is 28.8 Å². The number of aromatic nitrogens is 1. The van der Waals surface area contributed by atoms with E-state index in [0.717, 1.165) is 29.9 Å². The molecular formula is C19H25N3O2. The van der Waals surface area contributed by atoms with Gasteiger partial charge in [0.2, 0.25) is 0 Å². The van der Waals surface area contributed by atoms with Crippen LogP contribution in [-0.4, -0.2) is 16.9 Å². The lowest BCUT2D eigenvalue weighted by Crippen LogP contribution is -2.28. The van der Waals surface area contributed by atoms with Crippen molar-refractivity contribution in [3.8, 4) is 0 Å². The van der Waals surface area contributed by atoms with E-state index in [2.05, 4.69) is 15.6 Å². The summed E-state index contributed by atoms with van der Waals surface area (Å²) in [7, 11) is 0. The van der Waals surface area contributed by atoms with E-state index >= 15 is 0 Å². The first kappa shape index (κ1) is 16.6. The van der Waals surface area contributed by atoms with Gasteiger partial charge in [0, 0.05) is 17.8 Å². The Bertz CT molecular complexity index is 717. The van der Waals surface area contributed by atoms with Crippen molar-refractivity contribution in [2.75, 3.05) is 5.32 Å². The number of aryl methyl sites for hydroxylation is 2. The molecule has 0 saturated heterocycles. The summed E-state index contributed by atoms with van der Waals surface area (Å²) < 4.78 is 5.56. The zero-order valence-electron chi connectivity index (χ0n) is 14.6. The highest BCUT2D eigenvalue weighted by Crippen LogP contribution is 2.25. The van der Waals surface area contributed by atoms with Crippen LogP contribution < -0.4 is 10.6 Å². The molecule has 2 N–H and O–H groups in total. The van der Waals surface area contributed by atoms with Gasteiger partial charge in [-0.05, 0) is 51.8 Å². The van der Waals surface area contributed by atoms with Crippen LogP contribution in [0.3, 0.4) is 0 Å². The molecule has 1 saturated carbocycles. The van der Waals surface area contributed by atoms with Crippen LogP contribution >= 0.6 is 0 Å². The summed E-state index contributed by atoms with van der Waals surface area (Å²) in [6.07, 6.45) is 6.48. The molecule has 128 valence electrons. The molecular weight excluding hydrogens is 302 g/mol. The second-order valence-corrected chi connectivity index (χ2v) is 6.59. The molecule has 1 aliphatic rings. The number of hydrogen-bond acceptors (Lipinski definition) is 4. The molecule has 5 nitrogen and oxygen atoms in total. The lowest BCUT2D eigenvalue weighted by atomic mass is 10.1. The number of pyridine rings is 1. The second kappa shape index (κ2) is 7.07. The second-order valence-electron chi connectivity index (χ2n) is 6.59. The van der Waals surface area contributed by atoms with E-state index in [1.54, 1.807) is 12.3 Å². The molecule has 1 aliphatic carbocycles. The number of carbonyl (C=O) groups is 1. The third-order valence-electron chi connectivity index (χ3n) is 4.64. The minimum absolute atomic E-state index is 0.116. The first-order chi connectivity index (χ1) is 11.5. The van der Waals surface area contributed by atoms with Crippen molar-refractivity contribution in [2.45, 2.75) is 58.5 Å². The van der Waals surface area contributed by atoms with Gasteiger partial charge in [-0.2, -0.15) is 0 Å². The SMILES string of the molecule is Cc1cc(C(C)NC(=O)c2cccnc2NC2CCCC2)c(C)o1.